The lowest BCUT2D eigenvalue weighted by Crippen LogP contribution is -2.14. The molecule has 1 nitrogen and oxygen atoms in total. The zero-order chi connectivity index (χ0) is 5.28. The van der Waals surface area contributed by atoms with Crippen molar-refractivity contribution in [3.8, 4) is 0 Å². The fourth-order valence-electron chi connectivity index (χ4n) is 0.647. The minimum Gasteiger partial charge on any atom is -0.300 e. The summed E-state index contributed by atoms with van der Waals surface area (Å²) in [6.07, 6.45) is 0.892. The van der Waals surface area contributed by atoms with Crippen molar-refractivity contribution in [2.24, 2.45) is 0 Å². The highest BCUT2D eigenvalue weighted by Crippen LogP contribution is 2.14. The summed E-state index contributed by atoms with van der Waals surface area (Å²) in [5.74, 6) is 0. The molecule has 0 bridgehead atoms. The summed E-state index contributed by atoms with van der Waals surface area (Å²) in [5.41, 5.74) is 0.113. The quantitative estimate of drug-likeness (QED) is 0.393. The highest BCUT2D eigenvalue weighted by atomic mass is 35.5. The van der Waals surface area contributed by atoms with Gasteiger partial charge in [-0.1, -0.05) is 0 Å². The molecule has 1 saturated heterocycles. The van der Waals surface area contributed by atoms with Crippen LogP contribution in [0.25, 0.3) is 0 Å². The van der Waals surface area contributed by atoms with E-state index in [0.29, 0.717) is 0 Å². The predicted octanol–water partition coefficient (Wildman–Crippen LogP) is 1.15. The number of rotatable bonds is 0. The van der Waals surface area contributed by atoms with Gasteiger partial charge in [0.1, 0.15) is 0 Å². The minimum atomic E-state index is 0.113. The van der Waals surface area contributed by atoms with E-state index in [1.54, 1.807) is 0 Å². The van der Waals surface area contributed by atoms with E-state index in [0.717, 1.165) is 13.0 Å². The van der Waals surface area contributed by atoms with Gasteiger partial charge in [-0.2, -0.15) is 0 Å². The van der Waals surface area contributed by atoms with E-state index in [-0.39, 0.29) is 10.9 Å². The molecule has 1 aliphatic heterocycles. The lowest BCUT2D eigenvalue weighted by atomic mass is 10.4. The summed E-state index contributed by atoms with van der Waals surface area (Å²) < 4.78 is 0. The molecule has 2 atom stereocenters. The second-order valence-corrected chi connectivity index (χ2v) is 2.85. The van der Waals surface area contributed by atoms with E-state index < -0.39 is 0 Å². The van der Waals surface area contributed by atoms with Crippen LogP contribution in [0.3, 0.4) is 0 Å². The van der Waals surface area contributed by atoms with Crippen LogP contribution in [0.1, 0.15) is 6.42 Å². The second kappa shape index (κ2) is 2.21. The Morgan fingerprint density at radius 1 is 1.43 bits per heavy atom. The first-order valence-electron chi connectivity index (χ1n) is 2.30. The average molecular weight is 140 g/mol. The molecule has 0 spiro atoms. The first-order valence-corrected chi connectivity index (χ1v) is 3.18. The van der Waals surface area contributed by atoms with Gasteiger partial charge in [-0.3, -0.25) is 5.32 Å². The number of hydrogen-bond acceptors (Lipinski definition) is 1. The summed E-state index contributed by atoms with van der Waals surface area (Å²) in [6.45, 7) is 0.857. The molecule has 0 amide bonds. The molecular weight excluding hydrogens is 133 g/mol. The molecule has 7 heavy (non-hydrogen) atoms. The molecular formula is C4H7Cl2N. The first-order chi connectivity index (χ1) is 3.29. The molecule has 42 valence electrons. The van der Waals surface area contributed by atoms with Crippen molar-refractivity contribution in [2.75, 3.05) is 6.54 Å². The summed E-state index contributed by atoms with van der Waals surface area (Å²) in [4.78, 5) is 0. The lowest BCUT2D eigenvalue weighted by molar-refractivity contribution is 0.796. The molecule has 0 radical (unpaired) electrons. The van der Waals surface area contributed by atoms with E-state index in [4.69, 9.17) is 23.2 Å². The van der Waals surface area contributed by atoms with Crippen LogP contribution in [0.4, 0.5) is 0 Å². The number of nitrogens with one attached hydrogen (secondary N) is 1. The van der Waals surface area contributed by atoms with Gasteiger partial charge in [0.2, 0.25) is 0 Å². The third-order valence-corrected chi connectivity index (χ3v) is 1.69. The standard InChI is InChI=1S/C4H7Cl2N/c5-3-1-4(6)7-2-3/h3-4,7H,1-2H2. The van der Waals surface area contributed by atoms with Crippen molar-refractivity contribution in [1.82, 2.24) is 5.32 Å². The van der Waals surface area contributed by atoms with Crippen molar-refractivity contribution in [1.29, 1.82) is 0 Å². The Labute approximate surface area is 53.0 Å². The Kier molecular flexibility index (Phi) is 1.79. The van der Waals surface area contributed by atoms with Crippen LogP contribution in [0, 0.1) is 0 Å². The molecule has 0 aliphatic carbocycles. The SMILES string of the molecule is ClC1CNC(Cl)C1. The Morgan fingerprint density at radius 3 is 2.29 bits per heavy atom. The molecule has 1 rings (SSSR count). The molecule has 3 heteroatoms. The van der Waals surface area contributed by atoms with Gasteiger partial charge in [-0.25, -0.2) is 0 Å². The van der Waals surface area contributed by atoms with Crippen molar-refractivity contribution >= 4 is 23.2 Å². The van der Waals surface area contributed by atoms with Gasteiger partial charge < -0.3 is 0 Å². The third kappa shape index (κ3) is 1.48. The largest absolute Gasteiger partial charge is 0.300 e. The Hall–Kier alpha value is 0.540. The molecule has 1 N–H and O–H groups in total. The van der Waals surface area contributed by atoms with Gasteiger partial charge in [0.25, 0.3) is 0 Å². The van der Waals surface area contributed by atoms with Crippen LogP contribution < -0.4 is 5.32 Å². The summed E-state index contributed by atoms with van der Waals surface area (Å²) in [5, 5.41) is 3.26. The molecule has 1 fully saturated rings. The molecule has 0 saturated carbocycles. The van der Waals surface area contributed by atoms with Crippen molar-refractivity contribution < 1.29 is 0 Å². The van der Waals surface area contributed by atoms with E-state index in [9.17, 15) is 0 Å². The van der Waals surface area contributed by atoms with E-state index in [2.05, 4.69) is 5.32 Å². The highest BCUT2D eigenvalue weighted by molar-refractivity contribution is 6.24. The van der Waals surface area contributed by atoms with Crippen LogP contribution in [-0.2, 0) is 0 Å². The van der Waals surface area contributed by atoms with Crippen LogP contribution in [0.15, 0.2) is 0 Å². The van der Waals surface area contributed by atoms with Crippen molar-refractivity contribution in [3.63, 3.8) is 0 Å². The average Bonchev–Trinajstić information content (AvgIpc) is 1.87. The molecule has 0 aromatic carbocycles. The molecule has 0 aromatic heterocycles. The Balaban J connectivity index is 2.26. The number of hydrogen-bond donors (Lipinski definition) is 1. The third-order valence-electron chi connectivity index (χ3n) is 1.02. The van der Waals surface area contributed by atoms with Gasteiger partial charge >= 0.3 is 0 Å². The minimum absolute atomic E-state index is 0.113. The summed E-state index contributed by atoms with van der Waals surface area (Å²) in [7, 11) is 0. The van der Waals surface area contributed by atoms with Crippen LogP contribution in [0.5, 0.6) is 0 Å². The fraction of sp³-hybridized carbons (Fsp3) is 1.00. The summed E-state index contributed by atoms with van der Waals surface area (Å²) >= 11 is 11.3. The number of alkyl halides is 2. The Morgan fingerprint density at radius 2 is 2.14 bits per heavy atom. The first kappa shape index (κ1) is 5.67. The molecule has 1 heterocycles. The van der Waals surface area contributed by atoms with Crippen molar-refractivity contribution in [2.45, 2.75) is 17.3 Å². The molecule has 0 aromatic rings. The van der Waals surface area contributed by atoms with Crippen LogP contribution in [-0.4, -0.2) is 17.4 Å². The van der Waals surface area contributed by atoms with E-state index in [1.165, 1.54) is 0 Å². The maximum absolute atomic E-state index is 5.66. The van der Waals surface area contributed by atoms with Crippen LogP contribution >= 0.6 is 23.2 Å². The van der Waals surface area contributed by atoms with Gasteiger partial charge in [0.15, 0.2) is 0 Å². The smallest absolute Gasteiger partial charge is 0.0840 e. The van der Waals surface area contributed by atoms with Gasteiger partial charge in [0.05, 0.1) is 5.50 Å². The van der Waals surface area contributed by atoms with Crippen LogP contribution in [0.2, 0.25) is 0 Å². The van der Waals surface area contributed by atoms with Gasteiger partial charge in [-0.15, -0.1) is 23.2 Å². The normalized spacial score (nSPS) is 42.0. The fourth-order valence-corrected chi connectivity index (χ4v) is 1.31. The topological polar surface area (TPSA) is 12.0 Å². The zero-order valence-electron chi connectivity index (χ0n) is 3.82. The van der Waals surface area contributed by atoms with Gasteiger partial charge in [-0.05, 0) is 6.42 Å². The monoisotopic (exact) mass is 139 g/mol. The number of halogens is 2. The summed E-state index contributed by atoms with van der Waals surface area (Å²) in [6, 6.07) is 0. The predicted molar refractivity (Wildman–Crippen MR) is 31.9 cm³/mol. The Bertz CT molecular complexity index is 58.7. The zero-order valence-corrected chi connectivity index (χ0v) is 5.34. The molecule has 2 unspecified atom stereocenters. The lowest BCUT2D eigenvalue weighted by Gasteiger charge is -1.92. The van der Waals surface area contributed by atoms with E-state index in [1.807, 2.05) is 0 Å². The highest BCUT2D eigenvalue weighted by Gasteiger charge is 2.18. The van der Waals surface area contributed by atoms with E-state index >= 15 is 0 Å². The maximum atomic E-state index is 5.66. The second-order valence-electron chi connectivity index (χ2n) is 1.71. The van der Waals surface area contributed by atoms with Gasteiger partial charge in [0, 0.05) is 11.9 Å². The van der Waals surface area contributed by atoms with Crippen molar-refractivity contribution in [3.05, 3.63) is 0 Å². The maximum Gasteiger partial charge on any atom is 0.0840 e. The molecule has 1 aliphatic rings.